The maximum atomic E-state index is 5.81. The lowest BCUT2D eigenvalue weighted by molar-refractivity contribution is 0.482. The highest BCUT2D eigenvalue weighted by molar-refractivity contribution is 7.80. The molecule has 24 heavy (non-hydrogen) atoms. The van der Waals surface area contributed by atoms with Crippen molar-refractivity contribution in [2.45, 2.75) is 6.92 Å². The Morgan fingerprint density at radius 3 is 1.79 bits per heavy atom. The Labute approximate surface area is 147 Å². The Morgan fingerprint density at radius 1 is 0.708 bits per heavy atom. The number of thiocarbonyl (C=S) groups is 1. The molecule has 0 atom stereocenters. The summed E-state index contributed by atoms with van der Waals surface area (Å²) in [6.45, 7) is 2.05. The van der Waals surface area contributed by atoms with Crippen LogP contribution in [0.5, 0.6) is 11.5 Å². The molecule has 3 aromatic carbocycles. The zero-order valence-electron chi connectivity index (χ0n) is 13.3. The third-order valence-corrected chi connectivity index (χ3v) is 3.60. The highest BCUT2D eigenvalue weighted by Gasteiger charge is 2.01. The first-order chi connectivity index (χ1) is 11.7. The molecule has 120 valence electrons. The van der Waals surface area contributed by atoms with Gasteiger partial charge in [-0.05, 0) is 67.7 Å². The fourth-order valence-corrected chi connectivity index (χ4v) is 2.40. The van der Waals surface area contributed by atoms with Crippen molar-refractivity contribution < 1.29 is 4.74 Å². The first-order valence-electron chi connectivity index (χ1n) is 7.67. The van der Waals surface area contributed by atoms with Crippen LogP contribution in [0.25, 0.3) is 0 Å². The summed E-state index contributed by atoms with van der Waals surface area (Å²) in [6, 6.07) is 25.5. The Kier molecular flexibility index (Phi) is 5.08. The quantitative estimate of drug-likeness (QED) is 0.609. The van der Waals surface area contributed by atoms with Gasteiger partial charge in [0.15, 0.2) is 5.11 Å². The Bertz CT molecular complexity index is 799. The van der Waals surface area contributed by atoms with Crippen LogP contribution in [0.15, 0.2) is 78.9 Å². The second kappa shape index (κ2) is 7.62. The number of ether oxygens (including phenoxy) is 1. The van der Waals surface area contributed by atoms with Crippen LogP contribution >= 0.6 is 12.2 Å². The minimum atomic E-state index is 0.549. The van der Waals surface area contributed by atoms with E-state index in [1.165, 1.54) is 5.56 Å². The first-order valence-corrected chi connectivity index (χ1v) is 8.07. The lowest BCUT2D eigenvalue weighted by Crippen LogP contribution is -2.18. The normalized spacial score (nSPS) is 10.0. The summed E-state index contributed by atoms with van der Waals surface area (Å²) in [4.78, 5) is 0. The molecule has 3 nitrogen and oxygen atoms in total. The Morgan fingerprint density at radius 2 is 1.21 bits per heavy atom. The largest absolute Gasteiger partial charge is 0.457 e. The van der Waals surface area contributed by atoms with Crippen molar-refractivity contribution in [2.75, 3.05) is 10.6 Å². The molecule has 0 saturated carbocycles. The van der Waals surface area contributed by atoms with Gasteiger partial charge in [-0.2, -0.15) is 0 Å². The van der Waals surface area contributed by atoms with Crippen LogP contribution in [0.4, 0.5) is 11.4 Å². The second-order valence-electron chi connectivity index (χ2n) is 5.38. The van der Waals surface area contributed by atoms with Gasteiger partial charge in [0.2, 0.25) is 0 Å². The molecule has 0 amide bonds. The molecule has 0 heterocycles. The van der Waals surface area contributed by atoms with Gasteiger partial charge in [0.25, 0.3) is 0 Å². The van der Waals surface area contributed by atoms with Crippen LogP contribution in [0.3, 0.4) is 0 Å². The van der Waals surface area contributed by atoms with E-state index in [1.807, 2.05) is 78.9 Å². The van der Waals surface area contributed by atoms with E-state index in [4.69, 9.17) is 17.0 Å². The van der Waals surface area contributed by atoms with Gasteiger partial charge in [0, 0.05) is 11.4 Å². The minimum absolute atomic E-state index is 0.549. The minimum Gasteiger partial charge on any atom is -0.457 e. The standard InChI is InChI=1S/C20H18N2OS/c1-15-7-11-18(12-8-15)23-19-13-9-17(10-14-19)22-20(24)21-16-5-3-2-4-6-16/h2-14H,1H3,(H2,21,22,24). The molecule has 0 saturated heterocycles. The van der Waals surface area contributed by atoms with Crippen LogP contribution in [0.2, 0.25) is 0 Å². The summed E-state index contributed by atoms with van der Waals surface area (Å²) >= 11 is 5.31. The van der Waals surface area contributed by atoms with Gasteiger partial charge in [0.1, 0.15) is 11.5 Å². The molecular weight excluding hydrogens is 316 g/mol. The number of benzene rings is 3. The van der Waals surface area contributed by atoms with Crippen LogP contribution in [-0.4, -0.2) is 5.11 Å². The van der Waals surface area contributed by atoms with Crippen molar-refractivity contribution >= 4 is 28.7 Å². The van der Waals surface area contributed by atoms with Gasteiger partial charge in [-0.15, -0.1) is 0 Å². The number of aryl methyl sites for hydroxylation is 1. The van der Waals surface area contributed by atoms with Crippen LogP contribution < -0.4 is 15.4 Å². The number of anilines is 2. The van der Waals surface area contributed by atoms with Gasteiger partial charge in [-0.3, -0.25) is 0 Å². The average Bonchev–Trinajstić information content (AvgIpc) is 2.59. The number of hydrogen-bond donors (Lipinski definition) is 2. The molecule has 0 aliphatic heterocycles. The molecular formula is C20H18N2OS. The van der Waals surface area contributed by atoms with Gasteiger partial charge in [0.05, 0.1) is 0 Å². The molecule has 0 bridgehead atoms. The number of nitrogens with one attached hydrogen (secondary N) is 2. The smallest absolute Gasteiger partial charge is 0.175 e. The lowest BCUT2D eigenvalue weighted by atomic mass is 10.2. The average molecular weight is 334 g/mol. The molecule has 0 aliphatic carbocycles. The topological polar surface area (TPSA) is 33.3 Å². The molecule has 3 aromatic rings. The molecule has 2 N–H and O–H groups in total. The zero-order valence-corrected chi connectivity index (χ0v) is 14.1. The molecule has 0 unspecified atom stereocenters. The number of rotatable bonds is 4. The monoisotopic (exact) mass is 334 g/mol. The third kappa shape index (κ3) is 4.57. The molecule has 0 radical (unpaired) electrons. The van der Waals surface area contributed by atoms with E-state index in [2.05, 4.69) is 17.6 Å². The van der Waals surface area contributed by atoms with Crippen LogP contribution in [0.1, 0.15) is 5.56 Å². The zero-order chi connectivity index (χ0) is 16.8. The van der Waals surface area contributed by atoms with E-state index in [0.29, 0.717) is 5.11 Å². The van der Waals surface area contributed by atoms with E-state index < -0.39 is 0 Å². The van der Waals surface area contributed by atoms with E-state index in [-0.39, 0.29) is 0 Å². The van der Waals surface area contributed by atoms with Crippen molar-refractivity contribution in [2.24, 2.45) is 0 Å². The highest BCUT2D eigenvalue weighted by atomic mass is 32.1. The van der Waals surface area contributed by atoms with E-state index >= 15 is 0 Å². The number of para-hydroxylation sites is 1. The van der Waals surface area contributed by atoms with E-state index in [1.54, 1.807) is 0 Å². The molecule has 0 fully saturated rings. The lowest BCUT2D eigenvalue weighted by Gasteiger charge is -2.11. The molecule has 4 heteroatoms. The van der Waals surface area contributed by atoms with Crippen LogP contribution in [0, 0.1) is 6.92 Å². The summed E-state index contributed by atoms with van der Waals surface area (Å²) in [7, 11) is 0. The second-order valence-corrected chi connectivity index (χ2v) is 5.79. The molecule has 0 aliphatic rings. The van der Waals surface area contributed by atoms with E-state index in [0.717, 1.165) is 22.9 Å². The molecule has 0 spiro atoms. The summed E-state index contributed by atoms with van der Waals surface area (Å²) < 4.78 is 5.81. The summed E-state index contributed by atoms with van der Waals surface area (Å²) in [5, 5.41) is 6.84. The van der Waals surface area contributed by atoms with Crippen molar-refractivity contribution in [3.05, 3.63) is 84.4 Å². The van der Waals surface area contributed by atoms with Crippen molar-refractivity contribution in [3.63, 3.8) is 0 Å². The Hall–Kier alpha value is -2.85. The van der Waals surface area contributed by atoms with E-state index in [9.17, 15) is 0 Å². The van der Waals surface area contributed by atoms with Crippen molar-refractivity contribution in [1.29, 1.82) is 0 Å². The fourth-order valence-electron chi connectivity index (χ4n) is 2.16. The summed E-state index contributed by atoms with van der Waals surface area (Å²) in [5.41, 5.74) is 3.07. The number of hydrogen-bond acceptors (Lipinski definition) is 2. The van der Waals surface area contributed by atoms with Gasteiger partial charge >= 0.3 is 0 Å². The summed E-state index contributed by atoms with van der Waals surface area (Å²) in [6.07, 6.45) is 0. The molecule has 0 aromatic heterocycles. The fraction of sp³-hybridized carbons (Fsp3) is 0.0500. The first kappa shape index (κ1) is 16.0. The van der Waals surface area contributed by atoms with Gasteiger partial charge in [-0.1, -0.05) is 35.9 Å². The van der Waals surface area contributed by atoms with Gasteiger partial charge in [-0.25, -0.2) is 0 Å². The van der Waals surface area contributed by atoms with Gasteiger partial charge < -0.3 is 15.4 Å². The predicted octanol–water partition coefficient (Wildman–Crippen LogP) is 5.60. The van der Waals surface area contributed by atoms with Crippen LogP contribution in [-0.2, 0) is 0 Å². The Balaban J connectivity index is 1.58. The van der Waals surface area contributed by atoms with Crippen molar-refractivity contribution in [1.82, 2.24) is 0 Å². The molecule has 3 rings (SSSR count). The summed E-state index contributed by atoms with van der Waals surface area (Å²) in [5.74, 6) is 1.61. The predicted molar refractivity (Wildman–Crippen MR) is 104 cm³/mol. The maximum absolute atomic E-state index is 5.81. The highest BCUT2D eigenvalue weighted by Crippen LogP contribution is 2.23. The van der Waals surface area contributed by atoms with Crippen molar-refractivity contribution in [3.8, 4) is 11.5 Å². The maximum Gasteiger partial charge on any atom is 0.175 e. The third-order valence-electron chi connectivity index (χ3n) is 3.40. The SMILES string of the molecule is Cc1ccc(Oc2ccc(NC(=S)Nc3ccccc3)cc2)cc1.